The van der Waals surface area contributed by atoms with Crippen molar-refractivity contribution in [1.82, 2.24) is 5.32 Å². The minimum Gasteiger partial charge on any atom is -0.395 e. The lowest BCUT2D eigenvalue weighted by atomic mass is 9.97. The maximum atomic E-state index is 9.18. The Morgan fingerprint density at radius 2 is 1.82 bits per heavy atom. The van der Waals surface area contributed by atoms with Gasteiger partial charge in [-0.05, 0) is 0 Å². The van der Waals surface area contributed by atoms with Crippen molar-refractivity contribution in [3.8, 4) is 0 Å². The molecular formula is C6H13NO4. The molecule has 0 radical (unpaired) electrons. The zero-order valence-corrected chi connectivity index (χ0v) is 6.01. The summed E-state index contributed by atoms with van der Waals surface area (Å²) in [5.41, 5.74) is 0. The Labute approximate surface area is 64.3 Å². The van der Waals surface area contributed by atoms with E-state index in [0.29, 0.717) is 0 Å². The highest BCUT2D eigenvalue weighted by Gasteiger charge is 2.35. The number of rotatable bonds is 1. The van der Waals surface area contributed by atoms with E-state index in [-0.39, 0.29) is 13.2 Å². The van der Waals surface area contributed by atoms with Gasteiger partial charge >= 0.3 is 0 Å². The van der Waals surface area contributed by atoms with Crippen LogP contribution < -0.4 is 5.32 Å². The van der Waals surface area contributed by atoms with Gasteiger partial charge in [0.05, 0.1) is 24.9 Å². The molecule has 0 bridgehead atoms. The average Bonchev–Trinajstić information content (AvgIpc) is 2.01. The van der Waals surface area contributed by atoms with Gasteiger partial charge in [-0.2, -0.15) is 0 Å². The first-order chi connectivity index (χ1) is 5.16. The van der Waals surface area contributed by atoms with Gasteiger partial charge in [0.25, 0.3) is 0 Å². The molecule has 1 aliphatic rings. The van der Waals surface area contributed by atoms with Crippen LogP contribution in [0.5, 0.6) is 0 Å². The Balaban J connectivity index is 2.52. The molecule has 5 N–H and O–H groups in total. The maximum absolute atomic E-state index is 9.18. The van der Waals surface area contributed by atoms with E-state index in [9.17, 15) is 5.11 Å². The third-order valence-electron chi connectivity index (χ3n) is 1.94. The van der Waals surface area contributed by atoms with Gasteiger partial charge in [-0.3, -0.25) is 0 Å². The number of β-amino-alcohol motifs (C(OH)–C–C–N with tert-alkyl or cyclic N) is 1. The number of nitrogens with one attached hydrogen (secondary N) is 1. The maximum Gasteiger partial charge on any atom is 0.109 e. The molecule has 0 aromatic rings. The first-order valence-corrected chi connectivity index (χ1v) is 3.55. The van der Waals surface area contributed by atoms with Crippen molar-refractivity contribution in [2.75, 3.05) is 13.2 Å². The fourth-order valence-electron chi connectivity index (χ4n) is 1.15. The van der Waals surface area contributed by atoms with E-state index in [0.717, 1.165) is 0 Å². The highest BCUT2D eigenvalue weighted by molar-refractivity contribution is 4.91. The Morgan fingerprint density at radius 3 is 2.36 bits per heavy atom. The lowest BCUT2D eigenvalue weighted by Crippen LogP contribution is -2.60. The van der Waals surface area contributed by atoms with Crippen molar-refractivity contribution >= 4 is 0 Å². The van der Waals surface area contributed by atoms with Gasteiger partial charge in [0.2, 0.25) is 0 Å². The second-order valence-corrected chi connectivity index (χ2v) is 2.75. The van der Waals surface area contributed by atoms with Crippen molar-refractivity contribution in [2.45, 2.75) is 24.4 Å². The van der Waals surface area contributed by atoms with Gasteiger partial charge < -0.3 is 25.7 Å². The molecule has 66 valence electrons. The fraction of sp³-hybridized carbons (Fsp3) is 1.00. The molecule has 11 heavy (non-hydrogen) atoms. The minimum absolute atomic E-state index is 0.198. The van der Waals surface area contributed by atoms with Gasteiger partial charge in [0.15, 0.2) is 0 Å². The normalized spacial score (nSPS) is 45.8. The highest BCUT2D eigenvalue weighted by atomic mass is 16.4. The molecule has 1 saturated heterocycles. The Kier molecular flexibility index (Phi) is 2.80. The van der Waals surface area contributed by atoms with Crippen LogP contribution >= 0.6 is 0 Å². The van der Waals surface area contributed by atoms with Gasteiger partial charge in [-0.25, -0.2) is 0 Å². The number of piperidine rings is 1. The number of hydrogen-bond acceptors (Lipinski definition) is 5. The minimum atomic E-state index is -1.16. The molecular weight excluding hydrogens is 150 g/mol. The summed E-state index contributed by atoms with van der Waals surface area (Å²) in [6.45, 7) is -0.0472. The van der Waals surface area contributed by atoms with Crippen LogP contribution in [-0.2, 0) is 0 Å². The SMILES string of the molecule is OC[C@@H]1NC[C@H](O)[C@@H](O)C1O. The van der Waals surface area contributed by atoms with E-state index >= 15 is 0 Å². The molecule has 0 saturated carbocycles. The van der Waals surface area contributed by atoms with Gasteiger partial charge in [-0.1, -0.05) is 0 Å². The van der Waals surface area contributed by atoms with E-state index < -0.39 is 24.4 Å². The summed E-state index contributed by atoms with van der Waals surface area (Å²) in [7, 11) is 0. The van der Waals surface area contributed by atoms with Gasteiger partial charge in [0.1, 0.15) is 6.10 Å². The standard InChI is InChI=1S/C6H13NO4/c8-2-3-5(10)6(11)4(9)1-7-3/h3-11H,1-2H2/t3-,4-,5?,6+/m0/s1. The quantitative estimate of drug-likeness (QED) is 0.285. The predicted octanol–water partition coefficient (Wildman–Crippen LogP) is -2.97. The van der Waals surface area contributed by atoms with Crippen LogP contribution in [0.2, 0.25) is 0 Å². The number of aliphatic hydroxyl groups is 4. The summed E-state index contributed by atoms with van der Waals surface area (Å²) in [5, 5.41) is 38.6. The summed E-state index contributed by atoms with van der Waals surface area (Å²) in [4.78, 5) is 0. The molecule has 1 fully saturated rings. The Hall–Kier alpha value is -0.200. The van der Waals surface area contributed by atoms with Crippen LogP contribution in [0.3, 0.4) is 0 Å². The van der Waals surface area contributed by atoms with Crippen LogP contribution in [0, 0.1) is 0 Å². The molecule has 0 spiro atoms. The van der Waals surface area contributed by atoms with Crippen LogP contribution in [0.15, 0.2) is 0 Å². The first-order valence-electron chi connectivity index (χ1n) is 3.55. The Morgan fingerprint density at radius 1 is 1.18 bits per heavy atom. The van der Waals surface area contributed by atoms with Crippen molar-refractivity contribution in [1.29, 1.82) is 0 Å². The zero-order valence-electron chi connectivity index (χ0n) is 6.01. The molecule has 4 atom stereocenters. The smallest absolute Gasteiger partial charge is 0.109 e. The van der Waals surface area contributed by atoms with E-state index in [1.807, 2.05) is 0 Å². The number of aliphatic hydroxyl groups excluding tert-OH is 4. The van der Waals surface area contributed by atoms with Crippen LogP contribution in [0.4, 0.5) is 0 Å². The van der Waals surface area contributed by atoms with E-state index in [2.05, 4.69) is 5.32 Å². The van der Waals surface area contributed by atoms with Gasteiger partial charge in [0, 0.05) is 6.54 Å². The lowest BCUT2D eigenvalue weighted by molar-refractivity contribution is -0.101. The molecule has 0 aliphatic carbocycles. The monoisotopic (exact) mass is 163 g/mol. The summed E-state index contributed by atoms with van der Waals surface area (Å²) in [5.74, 6) is 0. The van der Waals surface area contributed by atoms with E-state index in [4.69, 9.17) is 15.3 Å². The van der Waals surface area contributed by atoms with Crippen molar-refractivity contribution in [3.63, 3.8) is 0 Å². The van der Waals surface area contributed by atoms with Crippen molar-refractivity contribution in [3.05, 3.63) is 0 Å². The molecule has 5 nitrogen and oxygen atoms in total. The summed E-state index contributed by atoms with van der Waals surface area (Å²) >= 11 is 0. The second-order valence-electron chi connectivity index (χ2n) is 2.75. The molecule has 1 aliphatic heterocycles. The second kappa shape index (κ2) is 3.46. The van der Waals surface area contributed by atoms with E-state index in [1.165, 1.54) is 0 Å². The molecule has 1 heterocycles. The number of hydrogen-bond donors (Lipinski definition) is 5. The van der Waals surface area contributed by atoms with Gasteiger partial charge in [-0.15, -0.1) is 0 Å². The zero-order chi connectivity index (χ0) is 8.43. The van der Waals surface area contributed by atoms with Crippen LogP contribution in [0.25, 0.3) is 0 Å². The van der Waals surface area contributed by atoms with Crippen molar-refractivity contribution in [2.24, 2.45) is 0 Å². The van der Waals surface area contributed by atoms with E-state index in [1.54, 1.807) is 0 Å². The summed E-state index contributed by atoms with van der Waals surface area (Å²) in [6, 6.07) is -0.534. The summed E-state index contributed by atoms with van der Waals surface area (Å²) < 4.78 is 0. The lowest BCUT2D eigenvalue weighted by Gasteiger charge is -2.34. The Bertz CT molecular complexity index is 130. The average molecular weight is 163 g/mol. The first kappa shape index (κ1) is 8.89. The van der Waals surface area contributed by atoms with Crippen LogP contribution in [-0.4, -0.2) is 57.9 Å². The molecule has 5 heteroatoms. The third-order valence-corrected chi connectivity index (χ3v) is 1.94. The third kappa shape index (κ3) is 1.69. The molecule has 0 aromatic heterocycles. The fourth-order valence-corrected chi connectivity index (χ4v) is 1.15. The topological polar surface area (TPSA) is 93.0 Å². The molecule has 0 amide bonds. The molecule has 1 unspecified atom stereocenters. The predicted molar refractivity (Wildman–Crippen MR) is 36.9 cm³/mol. The molecule has 0 aromatic carbocycles. The molecule has 1 rings (SSSR count). The van der Waals surface area contributed by atoms with Crippen molar-refractivity contribution < 1.29 is 20.4 Å². The largest absolute Gasteiger partial charge is 0.395 e. The summed E-state index contributed by atoms with van der Waals surface area (Å²) in [6.07, 6.45) is -3.20. The highest BCUT2D eigenvalue weighted by Crippen LogP contribution is 2.09. The van der Waals surface area contributed by atoms with Crippen LogP contribution in [0.1, 0.15) is 0 Å².